The Balaban J connectivity index is 0.967. The number of likely N-dealkylation sites (tertiary alicyclic amines) is 2. The number of carbonyl (C=O) groups excluding carboxylic acids is 4. The molecular formula is C49H53N7O7. The van der Waals surface area contributed by atoms with Gasteiger partial charge in [0.1, 0.15) is 30.3 Å². The Morgan fingerprint density at radius 1 is 0.825 bits per heavy atom. The normalized spacial score (nSPS) is 20.2. The largest absolute Gasteiger partial charge is 0.488 e. The molecule has 0 saturated carbocycles. The topological polar surface area (TPSA) is 171 Å². The average molecular weight is 852 g/mol. The number of nitrogens with zero attached hydrogens (tertiary/aromatic N) is 3. The molecule has 6 aromatic rings. The van der Waals surface area contributed by atoms with E-state index in [0.717, 1.165) is 80.5 Å². The molecule has 0 aliphatic carbocycles. The van der Waals surface area contributed by atoms with Gasteiger partial charge in [0.25, 0.3) is 0 Å². The predicted octanol–water partition coefficient (Wildman–Crippen LogP) is 8.71. The fraction of sp³-hybridized carbons (Fsp3) is 0.367. The molecule has 0 radical (unpaired) electrons. The minimum absolute atomic E-state index is 0.0261. The van der Waals surface area contributed by atoms with E-state index in [9.17, 15) is 19.2 Å². The summed E-state index contributed by atoms with van der Waals surface area (Å²) in [5, 5.41) is 7.47. The first-order chi connectivity index (χ1) is 30.4. The second-order valence-electron chi connectivity index (χ2n) is 17.5. The molecule has 3 aliphatic heterocycles. The number of methoxy groups -OCH3 is 2. The molecule has 2 fully saturated rings. The Hall–Kier alpha value is -6.83. The number of carbonyl (C=O) groups is 4. The maximum Gasteiger partial charge on any atom is 0.407 e. The highest BCUT2D eigenvalue weighted by molar-refractivity contribution is 6.07. The molecule has 4 amide bonds. The van der Waals surface area contributed by atoms with Crippen molar-refractivity contribution in [1.29, 1.82) is 0 Å². The summed E-state index contributed by atoms with van der Waals surface area (Å²) < 4.78 is 16.2. The van der Waals surface area contributed by atoms with Crippen LogP contribution >= 0.6 is 0 Å². The lowest BCUT2D eigenvalue weighted by molar-refractivity contribution is -0.137. The Kier molecular flexibility index (Phi) is 11.1. The standard InChI is InChI=1S/C49H53N7O7/c1-26(2)42(53-48(59)61-5)47(58)56-28(4)12-19-39(56)45-51-38-16-14-30-22-35-33-15-13-31(21-32(33)25-63-41(35)23-34(30)44(38)52-45)36-17-18-37(50-36)40-20-27(3)24-55(40)46(57)43(54-49(60)62-6)29-10-8-7-9-11-29/h7-11,13-18,21-23,26-28,39-40,42-43,50H,12,19-20,24-25H2,1-6H3,(H,51,52)(H,53,59)(H,54,60)/t27-,28-,39-,40?,42-,43+/m0/s1. The van der Waals surface area contributed by atoms with E-state index in [1.54, 1.807) is 0 Å². The molecule has 326 valence electrons. The minimum atomic E-state index is -0.879. The second kappa shape index (κ2) is 16.8. The number of nitrogens with one attached hydrogen (secondary N) is 4. The molecule has 0 spiro atoms. The van der Waals surface area contributed by atoms with Crippen LogP contribution in [0.4, 0.5) is 9.59 Å². The maximum atomic E-state index is 14.2. The van der Waals surface area contributed by atoms with E-state index in [2.05, 4.69) is 76.1 Å². The van der Waals surface area contributed by atoms with E-state index in [-0.39, 0.29) is 41.8 Å². The Morgan fingerprint density at radius 2 is 1.60 bits per heavy atom. The summed E-state index contributed by atoms with van der Waals surface area (Å²) in [6.45, 7) is 8.95. The monoisotopic (exact) mass is 851 g/mol. The third kappa shape index (κ3) is 7.72. The number of aromatic nitrogens is 3. The highest BCUT2D eigenvalue weighted by atomic mass is 16.5. The fourth-order valence-electron chi connectivity index (χ4n) is 9.75. The predicted molar refractivity (Wildman–Crippen MR) is 239 cm³/mol. The first-order valence-electron chi connectivity index (χ1n) is 21.7. The molecular weight excluding hydrogens is 799 g/mol. The molecule has 9 rings (SSSR count). The van der Waals surface area contributed by atoms with Crippen molar-refractivity contribution in [2.24, 2.45) is 11.8 Å². The van der Waals surface area contributed by atoms with Crippen LogP contribution < -0.4 is 15.4 Å². The van der Waals surface area contributed by atoms with Gasteiger partial charge in [-0.15, -0.1) is 0 Å². The van der Waals surface area contributed by atoms with E-state index < -0.39 is 24.3 Å². The lowest BCUT2D eigenvalue weighted by atomic mass is 9.92. The van der Waals surface area contributed by atoms with Crippen LogP contribution in [0.3, 0.4) is 0 Å². The van der Waals surface area contributed by atoms with Gasteiger partial charge in [0.05, 0.1) is 37.3 Å². The van der Waals surface area contributed by atoms with Gasteiger partial charge in [-0.25, -0.2) is 14.6 Å². The molecule has 4 aromatic carbocycles. The summed E-state index contributed by atoms with van der Waals surface area (Å²) >= 11 is 0. The fourth-order valence-corrected chi connectivity index (χ4v) is 9.75. The Bertz CT molecular complexity index is 2730. The van der Waals surface area contributed by atoms with Crippen LogP contribution in [0.2, 0.25) is 0 Å². The molecule has 4 N–H and O–H groups in total. The number of benzene rings is 4. The summed E-state index contributed by atoms with van der Waals surface area (Å²) in [5.74, 6) is 1.29. The summed E-state index contributed by atoms with van der Waals surface area (Å²) in [6.07, 6.45) is 1.05. The van der Waals surface area contributed by atoms with Crippen LogP contribution in [0.5, 0.6) is 5.75 Å². The third-order valence-electron chi connectivity index (χ3n) is 13.0. The maximum absolute atomic E-state index is 14.2. The van der Waals surface area contributed by atoms with Crippen LogP contribution in [0.1, 0.15) is 87.7 Å². The molecule has 2 aromatic heterocycles. The molecule has 3 aliphatic rings. The first-order valence-corrected chi connectivity index (χ1v) is 21.7. The van der Waals surface area contributed by atoms with Crippen LogP contribution in [-0.4, -0.2) is 81.6 Å². The van der Waals surface area contributed by atoms with Gasteiger partial charge >= 0.3 is 12.2 Å². The third-order valence-corrected chi connectivity index (χ3v) is 13.0. The molecule has 63 heavy (non-hydrogen) atoms. The van der Waals surface area contributed by atoms with Gasteiger partial charge in [0, 0.05) is 34.9 Å². The van der Waals surface area contributed by atoms with Crippen molar-refractivity contribution in [1.82, 2.24) is 35.4 Å². The van der Waals surface area contributed by atoms with Crippen molar-refractivity contribution in [2.45, 2.75) is 83.8 Å². The summed E-state index contributed by atoms with van der Waals surface area (Å²) in [4.78, 5) is 68.7. The molecule has 14 nitrogen and oxygen atoms in total. The molecule has 2 saturated heterocycles. The number of ether oxygens (including phenoxy) is 3. The quantitative estimate of drug-likeness (QED) is 0.112. The van der Waals surface area contributed by atoms with Crippen LogP contribution in [-0.2, 0) is 25.7 Å². The van der Waals surface area contributed by atoms with Gasteiger partial charge < -0.3 is 44.6 Å². The zero-order valence-electron chi connectivity index (χ0n) is 36.4. The Morgan fingerprint density at radius 3 is 2.37 bits per heavy atom. The SMILES string of the molecule is COC(=O)N[C@H](C(=O)N1[C@@H](C)CC[C@H]1c1nc2c(ccc3cc4c(cc32)OCc2cc(-c3ccc(C5C[C@H](C)CN5C(=O)[C@H](NC(=O)OC)c5ccccc5)[nH]3)ccc2-4)[nH]1)C(C)C. The molecule has 5 heterocycles. The molecule has 1 unspecified atom stereocenters. The van der Waals surface area contributed by atoms with Crippen LogP contribution in [0.15, 0.2) is 84.9 Å². The van der Waals surface area contributed by atoms with E-state index in [4.69, 9.17) is 19.2 Å². The summed E-state index contributed by atoms with van der Waals surface area (Å²) in [7, 11) is 2.59. The van der Waals surface area contributed by atoms with Gasteiger partial charge in [-0.2, -0.15) is 0 Å². The highest BCUT2D eigenvalue weighted by Gasteiger charge is 2.42. The van der Waals surface area contributed by atoms with Gasteiger partial charge in [-0.3, -0.25) is 9.59 Å². The van der Waals surface area contributed by atoms with Crippen molar-refractivity contribution in [3.63, 3.8) is 0 Å². The van der Waals surface area contributed by atoms with Gasteiger partial charge in [-0.05, 0) is 102 Å². The van der Waals surface area contributed by atoms with Gasteiger partial charge in [-0.1, -0.05) is 69.3 Å². The number of aromatic amines is 2. The zero-order valence-corrected chi connectivity index (χ0v) is 36.4. The van der Waals surface area contributed by atoms with E-state index >= 15 is 0 Å². The number of imidazole rings is 1. The van der Waals surface area contributed by atoms with E-state index in [0.29, 0.717) is 24.5 Å². The number of hydrogen-bond donors (Lipinski definition) is 4. The molecule has 0 bridgehead atoms. The number of H-pyrrole nitrogens is 2. The van der Waals surface area contributed by atoms with E-state index in [1.165, 1.54) is 14.2 Å². The highest BCUT2D eigenvalue weighted by Crippen LogP contribution is 2.44. The Labute approximate surface area is 365 Å². The second-order valence-corrected chi connectivity index (χ2v) is 17.5. The van der Waals surface area contributed by atoms with Crippen LogP contribution in [0.25, 0.3) is 44.2 Å². The summed E-state index contributed by atoms with van der Waals surface area (Å²) in [6, 6.07) is 26.0. The van der Waals surface area contributed by atoms with Crippen molar-refractivity contribution in [3.8, 4) is 28.1 Å². The van der Waals surface area contributed by atoms with Crippen molar-refractivity contribution < 1.29 is 33.4 Å². The average Bonchev–Trinajstić information content (AvgIpc) is 4.12. The van der Waals surface area contributed by atoms with Crippen molar-refractivity contribution >= 4 is 45.8 Å². The van der Waals surface area contributed by atoms with E-state index in [1.807, 2.05) is 67.0 Å². The lowest BCUT2D eigenvalue weighted by Gasteiger charge is -2.32. The van der Waals surface area contributed by atoms with Gasteiger partial charge in [0.15, 0.2) is 0 Å². The lowest BCUT2D eigenvalue weighted by Crippen LogP contribution is -2.52. The molecule has 6 atom stereocenters. The summed E-state index contributed by atoms with van der Waals surface area (Å²) in [5.41, 5.74) is 8.40. The van der Waals surface area contributed by atoms with Crippen molar-refractivity contribution in [3.05, 3.63) is 108 Å². The number of alkyl carbamates (subject to hydrolysis) is 2. The first kappa shape index (κ1) is 41.5. The number of amides is 4. The van der Waals surface area contributed by atoms with Crippen LogP contribution in [0, 0.1) is 11.8 Å². The smallest absolute Gasteiger partial charge is 0.407 e. The van der Waals surface area contributed by atoms with Crippen molar-refractivity contribution in [2.75, 3.05) is 20.8 Å². The minimum Gasteiger partial charge on any atom is -0.488 e. The number of rotatable bonds is 9. The number of fused-ring (bicyclic) bond motifs is 6. The molecule has 14 heteroatoms. The number of hydrogen-bond acceptors (Lipinski definition) is 8. The zero-order chi connectivity index (χ0) is 44.1. The van der Waals surface area contributed by atoms with Gasteiger partial charge in [0.2, 0.25) is 11.8 Å².